The Hall–Kier alpha value is -1.84. The minimum atomic E-state index is -0.431. The van der Waals surface area contributed by atoms with E-state index in [-0.39, 0.29) is 11.9 Å². The number of rotatable bonds is 4. The van der Waals surface area contributed by atoms with Gasteiger partial charge >= 0.3 is 5.97 Å². The molecule has 0 aromatic heterocycles. The van der Waals surface area contributed by atoms with E-state index in [1.807, 2.05) is 13.8 Å². The molecule has 132 valence electrons. The van der Waals surface area contributed by atoms with Gasteiger partial charge in [-0.05, 0) is 63.1 Å². The van der Waals surface area contributed by atoms with Crippen LogP contribution in [0.2, 0.25) is 0 Å². The Morgan fingerprint density at radius 3 is 2.38 bits per heavy atom. The first-order valence-electron chi connectivity index (χ1n) is 8.86. The Bertz CT molecular complexity index is 600. The molecule has 0 aliphatic carbocycles. The number of amides is 1. The second-order valence-electron chi connectivity index (χ2n) is 7.05. The highest BCUT2D eigenvalue weighted by molar-refractivity contribution is 5.86. The molecule has 2 rings (SSSR count). The number of hydrogen-bond acceptors (Lipinski definition) is 3. The summed E-state index contributed by atoms with van der Waals surface area (Å²) >= 11 is 0. The summed E-state index contributed by atoms with van der Waals surface area (Å²) < 4.78 is 5.18. The van der Waals surface area contributed by atoms with Crippen LogP contribution < -0.4 is 0 Å². The van der Waals surface area contributed by atoms with Crippen molar-refractivity contribution in [2.45, 2.75) is 59.9 Å². The molecule has 4 nitrogen and oxygen atoms in total. The van der Waals surface area contributed by atoms with E-state index in [2.05, 4.69) is 26.0 Å². The second-order valence-corrected chi connectivity index (χ2v) is 7.05. The molecule has 1 aliphatic heterocycles. The number of esters is 1. The number of piperidine rings is 1. The van der Waals surface area contributed by atoms with Crippen molar-refractivity contribution < 1.29 is 14.3 Å². The summed E-state index contributed by atoms with van der Waals surface area (Å²) in [6.45, 7) is 11.1. The predicted molar refractivity (Wildman–Crippen MR) is 94.9 cm³/mol. The number of likely N-dealkylation sites (tertiary alicyclic amines) is 1. The molecule has 1 saturated heterocycles. The summed E-state index contributed by atoms with van der Waals surface area (Å²) in [5, 5.41) is 0. The van der Waals surface area contributed by atoms with Gasteiger partial charge in [-0.2, -0.15) is 0 Å². The number of hydrogen-bond donors (Lipinski definition) is 0. The van der Waals surface area contributed by atoms with Gasteiger partial charge in [0.15, 0.2) is 0 Å². The van der Waals surface area contributed by atoms with Crippen molar-refractivity contribution >= 4 is 11.9 Å². The van der Waals surface area contributed by atoms with Crippen molar-refractivity contribution in [2.24, 2.45) is 5.92 Å². The maximum atomic E-state index is 12.9. The first-order valence-corrected chi connectivity index (χ1v) is 8.86. The summed E-state index contributed by atoms with van der Waals surface area (Å²) in [5.74, 6) is 0.171. The molecule has 1 amide bonds. The molecule has 4 heteroatoms. The first kappa shape index (κ1) is 18.5. The van der Waals surface area contributed by atoms with Crippen LogP contribution in [0, 0.1) is 26.7 Å². The highest BCUT2D eigenvalue weighted by Crippen LogP contribution is 2.25. The fourth-order valence-electron chi connectivity index (χ4n) is 3.65. The van der Waals surface area contributed by atoms with Gasteiger partial charge in [-0.1, -0.05) is 24.6 Å². The number of ether oxygens (including phenoxy) is 1. The lowest BCUT2D eigenvalue weighted by atomic mass is 9.92. The Morgan fingerprint density at radius 2 is 1.79 bits per heavy atom. The molecule has 1 fully saturated rings. The zero-order chi connectivity index (χ0) is 17.9. The Kier molecular flexibility index (Phi) is 6.03. The van der Waals surface area contributed by atoms with E-state index >= 15 is 0 Å². The van der Waals surface area contributed by atoms with E-state index in [4.69, 9.17) is 4.74 Å². The second kappa shape index (κ2) is 7.82. The lowest BCUT2D eigenvalue weighted by molar-refractivity contribution is -0.157. The van der Waals surface area contributed by atoms with Crippen LogP contribution in [0.4, 0.5) is 0 Å². The Labute approximate surface area is 145 Å². The van der Waals surface area contributed by atoms with Gasteiger partial charge in [-0.15, -0.1) is 0 Å². The minimum absolute atomic E-state index is 0.0228. The number of carbonyl (C=O) groups is 2. The van der Waals surface area contributed by atoms with Gasteiger partial charge in [0.25, 0.3) is 0 Å². The quantitative estimate of drug-likeness (QED) is 0.795. The van der Waals surface area contributed by atoms with Crippen LogP contribution in [0.3, 0.4) is 0 Å². The largest absolute Gasteiger partial charge is 0.464 e. The van der Waals surface area contributed by atoms with Gasteiger partial charge in [-0.3, -0.25) is 4.79 Å². The lowest BCUT2D eigenvalue weighted by Gasteiger charge is -2.37. The van der Waals surface area contributed by atoms with E-state index < -0.39 is 6.04 Å². The van der Waals surface area contributed by atoms with Crippen molar-refractivity contribution in [3.05, 3.63) is 34.4 Å². The summed E-state index contributed by atoms with van der Waals surface area (Å²) in [6, 6.07) is 3.79. The van der Waals surface area contributed by atoms with Crippen LogP contribution in [-0.2, 0) is 20.7 Å². The number of aryl methyl sites for hydroxylation is 3. The molecule has 24 heavy (non-hydrogen) atoms. The molecule has 1 aromatic rings. The van der Waals surface area contributed by atoms with Gasteiger partial charge < -0.3 is 9.64 Å². The third-order valence-corrected chi connectivity index (χ3v) is 4.86. The molecular formula is C20H29NO3. The zero-order valence-electron chi connectivity index (χ0n) is 15.5. The molecule has 0 N–H and O–H groups in total. The molecule has 2 unspecified atom stereocenters. The molecule has 1 aliphatic rings. The van der Waals surface area contributed by atoms with Gasteiger partial charge in [0.05, 0.1) is 13.0 Å². The minimum Gasteiger partial charge on any atom is -0.464 e. The van der Waals surface area contributed by atoms with E-state index in [9.17, 15) is 9.59 Å². The standard InChI is InChI=1S/C20H29NO3/c1-6-24-20(23)18-8-7-13(2)12-21(18)19(22)11-17-15(4)9-14(3)10-16(17)5/h9-10,13,18H,6-8,11-12H2,1-5H3. The maximum Gasteiger partial charge on any atom is 0.328 e. The molecule has 0 spiro atoms. The molecule has 1 heterocycles. The number of benzene rings is 1. The molecule has 0 radical (unpaired) electrons. The fourth-order valence-corrected chi connectivity index (χ4v) is 3.65. The van der Waals surface area contributed by atoms with Crippen molar-refractivity contribution in [1.29, 1.82) is 0 Å². The Morgan fingerprint density at radius 1 is 1.17 bits per heavy atom. The molecular weight excluding hydrogens is 302 g/mol. The predicted octanol–water partition coefficient (Wildman–Crippen LogP) is 3.34. The van der Waals surface area contributed by atoms with Gasteiger partial charge in [0, 0.05) is 6.54 Å². The van der Waals surface area contributed by atoms with Crippen LogP contribution in [0.1, 0.15) is 48.9 Å². The topological polar surface area (TPSA) is 46.6 Å². The van der Waals surface area contributed by atoms with Crippen LogP contribution in [-0.4, -0.2) is 36.0 Å². The van der Waals surface area contributed by atoms with Crippen molar-refractivity contribution in [3.63, 3.8) is 0 Å². The zero-order valence-corrected chi connectivity index (χ0v) is 15.5. The van der Waals surface area contributed by atoms with Crippen molar-refractivity contribution in [3.8, 4) is 0 Å². The average molecular weight is 331 g/mol. The number of carbonyl (C=O) groups excluding carboxylic acids is 2. The summed E-state index contributed by atoms with van der Waals surface area (Å²) in [6.07, 6.45) is 1.99. The van der Waals surface area contributed by atoms with E-state index in [1.54, 1.807) is 11.8 Å². The monoisotopic (exact) mass is 331 g/mol. The average Bonchev–Trinajstić information content (AvgIpc) is 2.50. The molecule has 0 bridgehead atoms. The summed E-state index contributed by atoms with van der Waals surface area (Å²) in [5.41, 5.74) is 4.56. The van der Waals surface area contributed by atoms with Gasteiger partial charge in [0.1, 0.15) is 6.04 Å². The van der Waals surface area contributed by atoms with Gasteiger partial charge in [-0.25, -0.2) is 4.79 Å². The highest BCUT2D eigenvalue weighted by Gasteiger charge is 2.35. The first-order chi connectivity index (χ1) is 11.3. The van der Waals surface area contributed by atoms with Crippen molar-refractivity contribution in [1.82, 2.24) is 4.90 Å². The van der Waals surface area contributed by atoms with Crippen LogP contribution in [0.5, 0.6) is 0 Å². The molecule has 1 aromatic carbocycles. The molecule has 0 saturated carbocycles. The summed E-state index contributed by atoms with van der Waals surface area (Å²) in [4.78, 5) is 26.9. The van der Waals surface area contributed by atoms with Gasteiger partial charge in [0.2, 0.25) is 5.91 Å². The normalized spacial score (nSPS) is 20.8. The third kappa shape index (κ3) is 4.16. The number of nitrogens with zero attached hydrogens (tertiary/aromatic N) is 1. The van der Waals surface area contributed by atoms with Crippen LogP contribution in [0.15, 0.2) is 12.1 Å². The van der Waals surface area contributed by atoms with Crippen LogP contribution in [0.25, 0.3) is 0 Å². The fraction of sp³-hybridized carbons (Fsp3) is 0.600. The maximum absolute atomic E-state index is 12.9. The third-order valence-electron chi connectivity index (χ3n) is 4.86. The molecule has 2 atom stereocenters. The van der Waals surface area contributed by atoms with Crippen molar-refractivity contribution in [2.75, 3.05) is 13.2 Å². The highest BCUT2D eigenvalue weighted by atomic mass is 16.5. The van der Waals surface area contributed by atoms with E-state index in [0.29, 0.717) is 31.9 Å². The lowest BCUT2D eigenvalue weighted by Crippen LogP contribution is -2.51. The summed E-state index contributed by atoms with van der Waals surface area (Å²) in [7, 11) is 0. The van der Waals surface area contributed by atoms with Crippen LogP contribution >= 0.6 is 0 Å². The van der Waals surface area contributed by atoms with E-state index in [0.717, 1.165) is 23.1 Å². The Balaban J connectivity index is 2.20. The smallest absolute Gasteiger partial charge is 0.328 e. The SMILES string of the molecule is CCOC(=O)C1CCC(C)CN1C(=O)Cc1c(C)cc(C)cc1C. The van der Waals surface area contributed by atoms with E-state index in [1.165, 1.54) is 5.56 Å².